The van der Waals surface area contributed by atoms with E-state index in [1.807, 2.05) is 16.8 Å². The highest BCUT2D eigenvalue weighted by atomic mass is 32.2. The smallest absolute Gasteiger partial charge is 0.166 e. The van der Waals surface area contributed by atoms with E-state index in [4.69, 9.17) is 4.84 Å². The highest BCUT2D eigenvalue weighted by Crippen LogP contribution is 2.12. The highest BCUT2D eigenvalue weighted by molar-refractivity contribution is 7.99. The van der Waals surface area contributed by atoms with Gasteiger partial charge in [-0.3, -0.25) is 4.84 Å². The molecule has 0 aromatic carbocycles. The molecule has 0 aliphatic carbocycles. The normalized spacial score (nSPS) is 31.9. The van der Waals surface area contributed by atoms with Gasteiger partial charge in [-0.15, -0.1) is 0 Å². The molecule has 0 saturated carbocycles. The van der Waals surface area contributed by atoms with Crippen molar-refractivity contribution >= 4 is 11.8 Å². The minimum Gasteiger partial charge on any atom is -0.311 e. The zero-order valence-electron chi connectivity index (χ0n) is 8.19. The molecule has 1 atom stereocenters. The van der Waals surface area contributed by atoms with Crippen molar-refractivity contribution in [2.24, 2.45) is 0 Å². The van der Waals surface area contributed by atoms with Crippen molar-refractivity contribution in [2.75, 3.05) is 44.2 Å². The maximum atomic E-state index is 9.54. The van der Waals surface area contributed by atoms with Gasteiger partial charge < -0.3 is 10.5 Å². The molecule has 2 aliphatic rings. The molecule has 2 fully saturated rings. The molecule has 0 aromatic rings. The van der Waals surface area contributed by atoms with Crippen molar-refractivity contribution in [3.8, 4) is 0 Å². The van der Waals surface area contributed by atoms with Crippen LogP contribution in [0.15, 0.2) is 0 Å². The predicted molar refractivity (Wildman–Crippen MR) is 55.1 cm³/mol. The van der Waals surface area contributed by atoms with Gasteiger partial charge in [0.15, 0.2) is 6.23 Å². The molecule has 5 nitrogen and oxygen atoms in total. The van der Waals surface area contributed by atoms with Crippen LogP contribution in [0.25, 0.3) is 0 Å². The summed E-state index contributed by atoms with van der Waals surface area (Å²) >= 11 is 1.95. The molecule has 0 radical (unpaired) electrons. The zero-order chi connectivity index (χ0) is 9.80. The minimum absolute atomic E-state index is 0.216. The SMILES string of the molecule is ON1CCNCC1ON1CCSCC1. The van der Waals surface area contributed by atoms with Crippen molar-refractivity contribution in [1.82, 2.24) is 15.4 Å². The standard InChI is InChI=1S/C8H17N3O2S/c12-11-2-1-9-7-8(11)13-10-3-5-14-6-4-10/h8-9,12H,1-7H2. The Kier molecular flexibility index (Phi) is 4.03. The fourth-order valence-electron chi connectivity index (χ4n) is 1.58. The Hall–Kier alpha value is 0.150. The van der Waals surface area contributed by atoms with Gasteiger partial charge >= 0.3 is 0 Å². The van der Waals surface area contributed by atoms with Crippen molar-refractivity contribution in [3.63, 3.8) is 0 Å². The zero-order valence-corrected chi connectivity index (χ0v) is 9.00. The van der Waals surface area contributed by atoms with E-state index in [1.54, 1.807) is 0 Å². The largest absolute Gasteiger partial charge is 0.311 e. The Bertz CT molecular complexity index is 178. The maximum Gasteiger partial charge on any atom is 0.166 e. The third kappa shape index (κ3) is 2.82. The van der Waals surface area contributed by atoms with Crippen LogP contribution < -0.4 is 5.32 Å². The summed E-state index contributed by atoms with van der Waals surface area (Å²) in [5.74, 6) is 2.23. The minimum atomic E-state index is -0.216. The fourth-order valence-corrected chi connectivity index (χ4v) is 2.45. The van der Waals surface area contributed by atoms with Gasteiger partial charge in [0.2, 0.25) is 0 Å². The van der Waals surface area contributed by atoms with Crippen LogP contribution in [-0.2, 0) is 4.84 Å². The molecule has 0 amide bonds. The molecule has 0 aromatic heterocycles. The average molecular weight is 219 g/mol. The summed E-state index contributed by atoms with van der Waals surface area (Å²) in [6.45, 7) is 4.06. The Balaban J connectivity index is 1.76. The van der Waals surface area contributed by atoms with Gasteiger partial charge in [-0.05, 0) is 0 Å². The summed E-state index contributed by atoms with van der Waals surface area (Å²) in [5, 5.41) is 16.0. The summed E-state index contributed by atoms with van der Waals surface area (Å²) in [7, 11) is 0. The molecule has 0 bridgehead atoms. The Morgan fingerprint density at radius 1 is 1.29 bits per heavy atom. The van der Waals surface area contributed by atoms with Gasteiger partial charge in [-0.1, -0.05) is 0 Å². The Morgan fingerprint density at radius 3 is 2.79 bits per heavy atom. The van der Waals surface area contributed by atoms with Gasteiger partial charge in [-0.25, -0.2) is 0 Å². The first-order valence-corrected chi connectivity index (χ1v) is 6.17. The number of thioether (sulfide) groups is 1. The Morgan fingerprint density at radius 2 is 2.07 bits per heavy atom. The number of hydroxylamine groups is 4. The molecule has 0 spiro atoms. The third-order valence-corrected chi connectivity index (χ3v) is 3.35. The van der Waals surface area contributed by atoms with Crippen LogP contribution in [0.1, 0.15) is 0 Å². The monoisotopic (exact) mass is 219 g/mol. The lowest BCUT2D eigenvalue weighted by atomic mass is 10.4. The average Bonchev–Trinajstić information content (AvgIpc) is 2.23. The van der Waals surface area contributed by atoms with Crippen LogP contribution in [-0.4, -0.2) is 65.8 Å². The van der Waals surface area contributed by atoms with Crippen LogP contribution in [0.4, 0.5) is 0 Å². The topological polar surface area (TPSA) is 48.0 Å². The van der Waals surface area contributed by atoms with Crippen molar-refractivity contribution in [1.29, 1.82) is 0 Å². The molecular weight excluding hydrogens is 202 g/mol. The first kappa shape index (κ1) is 10.7. The van der Waals surface area contributed by atoms with E-state index >= 15 is 0 Å². The fraction of sp³-hybridized carbons (Fsp3) is 1.00. The predicted octanol–water partition coefficient (Wildman–Crippen LogP) is -0.413. The summed E-state index contributed by atoms with van der Waals surface area (Å²) in [6.07, 6.45) is -0.216. The number of rotatable bonds is 2. The van der Waals surface area contributed by atoms with Gasteiger partial charge in [-0.2, -0.15) is 21.9 Å². The first-order chi connectivity index (χ1) is 6.86. The lowest BCUT2D eigenvalue weighted by molar-refractivity contribution is -0.305. The number of hydrogen-bond donors (Lipinski definition) is 2. The maximum absolute atomic E-state index is 9.54. The molecule has 1 unspecified atom stereocenters. The van der Waals surface area contributed by atoms with Crippen LogP contribution in [0.2, 0.25) is 0 Å². The van der Waals surface area contributed by atoms with Crippen LogP contribution in [0, 0.1) is 0 Å². The van der Waals surface area contributed by atoms with E-state index in [2.05, 4.69) is 5.32 Å². The lowest BCUT2D eigenvalue weighted by Gasteiger charge is -2.35. The van der Waals surface area contributed by atoms with Crippen LogP contribution in [0.3, 0.4) is 0 Å². The van der Waals surface area contributed by atoms with Crippen molar-refractivity contribution in [2.45, 2.75) is 6.23 Å². The van der Waals surface area contributed by atoms with Crippen LogP contribution >= 0.6 is 11.8 Å². The molecule has 2 saturated heterocycles. The molecule has 2 aliphatic heterocycles. The van der Waals surface area contributed by atoms with Gasteiger partial charge in [0.25, 0.3) is 0 Å². The van der Waals surface area contributed by atoms with Gasteiger partial charge in [0.05, 0.1) is 0 Å². The van der Waals surface area contributed by atoms with E-state index in [0.29, 0.717) is 13.1 Å². The van der Waals surface area contributed by atoms with Crippen molar-refractivity contribution in [3.05, 3.63) is 0 Å². The number of piperazine rings is 1. The molecular formula is C8H17N3O2S. The second-order valence-corrected chi connectivity index (χ2v) is 4.69. The third-order valence-electron chi connectivity index (χ3n) is 2.41. The van der Waals surface area contributed by atoms with E-state index in [-0.39, 0.29) is 6.23 Å². The molecule has 82 valence electrons. The molecule has 14 heavy (non-hydrogen) atoms. The quantitative estimate of drug-likeness (QED) is 0.658. The number of hydrogen-bond acceptors (Lipinski definition) is 6. The second kappa shape index (κ2) is 5.29. The summed E-state index contributed by atoms with van der Waals surface area (Å²) in [4.78, 5) is 5.68. The molecule has 2 rings (SSSR count). The lowest BCUT2D eigenvalue weighted by Crippen LogP contribution is -2.53. The molecule has 2 heterocycles. The van der Waals surface area contributed by atoms with E-state index < -0.39 is 0 Å². The van der Waals surface area contributed by atoms with Crippen LogP contribution in [0.5, 0.6) is 0 Å². The molecule has 6 heteroatoms. The van der Waals surface area contributed by atoms with E-state index in [1.165, 1.54) is 5.06 Å². The summed E-state index contributed by atoms with van der Waals surface area (Å²) in [6, 6.07) is 0. The van der Waals surface area contributed by atoms with E-state index in [9.17, 15) is 5.21 Å². The van der Waals surface area contributed by atoms with Gasteiger partial charge in [0.1, 0.15) is 0 Å². The second-order valence-electron chi connectivity index (χ2n) is 3.47. The summed E-state index contributed by atoms with van der Waals surface area (Å²) in [5.41, 5.74) is 0. The van der Waals surface area contributed by atoms with Gasteiger partial charge in [0, 0.05) is 44.2 Å². The Labute approximate surface area is 88.3 Å². The van der Waals surface area contributed by atoms with Crippen molar-refractivity contribution < 1.29 is 10.0 Å². The molecule has 2 N–H and O–H groups in total. The summed E-state index contributed by atoms with van der Waals surface area (Å²) < 4.78 is 0. The number of nitrogens with one attached hydrogen (secondary N) is 1. The number of nitrogens with zero attached hydrogens (tertiary/aromatic N) is 2. The first-order valence-electron chi connectivity index (χ1n) is 5.02. The van der Waals surface area contributed by atoms with E-state index in [0.717, 1.165) is 31.1 Å². The highest BCUT2D eigenvalue weighted by Gasteiger charge is 2.24.